The van der Waals surface area contributed by atoms with Crippen molar-refractivity contribution < 1.29 is 19.4 Å². The molecule has 0 aromatic heterocycles. The molecule has 0 radical (unpaired) electrons. The number of carbonyl (C=O) groups excluding carboxylic acids is 1. The number of nitrogens with one attached hydrogen (secondary N) is 1. The molecule has 20 heavy (non-hydrogen) atoms. The van der Waals surface area contributed by atoms with Gasteiger partial charge in [0.25, 0.3) is 5.91 Å². The third-order valence-electron chi connectivity index (χ3n) is 2.51. The SMILES string of the molecule is C=CCC(NC(=O)C(C)Oc1ccc(Cl)cc1)C(=O)O. The zero-order valence-corrected chi connectivity index (χ0v) is 11.8. The van der Waals surface area contributed by atoms with E-state index in [9.17, 15) is 9.59 Å². The van der Waals surface area contributed by atoms with Crippen molar-refractivity contribution in [1.29, 1.82) is 0 Å². The molecule has 0 heterocycles. The second-order valence-corrected chi connectivity index (χ2v) is 4.57. The number of carbonyl (C=O) groups is 2. The molecule has 1 rings (SSSR count). The van der Waals surface area contributed by atoms with Gasteiger partial charge in [-0.25, -0.2) is 4.79 Å². The molecule has 0 aliphatic heterocycles. The molecule has 2 unspecified atom stereocenters. The molecular weight excluding hydrogens is 282 g/mol. The van der Waals surface area contributed by atoms with Gasteiger partial charge in [-0.3, -0.25) is 4.79 Å². The highest BCUT2D eigenvalue weighted by Crippen LogP contribution is 2.16. The molecule has 0 fully saturated rings. The number of halogens is 1. The lowest BCUT2D eigenvalue weighted by Crippen LogP contribution is -2.46. The Morgan fingerprint density at radius 3 is 2.55 bits per heavy atom. The number of hydrogen-bond donors (Lipinski definition) is 2. The standard InChI is InChI=1S/C14H16ClNO4/c1-3-4-12(14(18)19)16-13(17)9(2)20-11-7-5-10(15)6-8-11/h3,5-9,12H,1,4H2,2H3,(H,16,17)(H,18,19). The fourth-order valence-electron chi connectivity index (χ4n) is 1.45. The lowest BCUT2D eigenvalue weighted by atomic mass is 10.2. The van der Waals surface area contributed by atoms with E-state index in [4.69, 9.17) is 21.4 Å². The summed E-state index contributed by atoms with van der Waals surface area (Å²) in [6, 6.07) is 5.53. The lowest BCUT2D eigenvalue weighted by Gasteiger charge is -2.18. The lowest BCUT2D eigenvalue weighted by molar-refractivity contribution is -0.142. The zero-order valence-electron chi connectivity index (χ0n) is 11.0. The summed E-state index contributed by atoms with van der Waals surface area (Å²) >= 11 is 5.74. The van der Waals surface area contributed by atoms with Crippen molar-refractivity contribution in [3.8, 4) is 5.75 Å². The van der Waals surface area contributed by atoms with Gasteiger partial charge in [-0.1, -0.05) is 17.7 Å². The Morgan fingerprint density at radius 1 is 1.45 bits per heavy atom. The van der Waals surface area contributed by atoms with E-state index in [1.165, 1.54) is 13.0 Å². The Hall–Kier alpha value is -2.01. The minimum absolute atomic E-state index is 0.148. The van der Waals surface area contributed by atoms with Crippen LogP contribution in [0.25, 0.3) is 0 Å². The number of amides is 1. The Morgan fingerprint density at radius 2 is 2.05 bits per heavy atom. The summed E-state index contributed by atoms with van der Waals surface area (Å²) in [5.74, 6) is -1.14. The van der Waals surface area contributed by atoms with Crippen molar-refractivity contribution in [2.24, 2.45) is 0 Å². The van der Waals surface area contributed by atoms with E-state index in [1.54, 1.807) is 24.3 Å². The summed E-state index contributed by atoms with van der Waals surface area (Å²) in [6.07, 6.45) is 0.765. The zero-order chi connectivity index (χ0) is 15.1. The molecule has 0 aliphatic rings. The maximum absolute atomic E-state index is 11.8. The third-order valence-corrected chi connectivity index (χ3v) is 2.76. The molecule has 0 bridgehead atoms. The van der Waals surface area contributed by atoms with Crippen LogP contribution < -0.4 is 10.1 Å². The van der Waals surface area contributed by atoms with Gasteiger partial charge in [-0.05, 0) is 37.6 Å². The molecule has 5 nitrogen and oxygen atoms in total. The van der Waals surface area contributed by atoms with Gasteiger partial charge in [0.05, 0.1) is 0 Å². The van der Waals surface area contributed by atoms with Gasteiger partial charge in [0.1, 0.15) is 11.8 Å². The second kappa shape index (κ2) is 7.55. The van der Waals surface area contributed by atoms with Crippen LogP contribution in [0.1, 0.15) is 13.3 Å². The van der Waals surface area contributed by atoms with Crippen molar-refractivity contribution in [3.63, 3.8) is 0 Å². The van der Waals surface area contributed by atoms with Crippen LogP contribution in [0.2, 0.25) is 5.02 Å². The average Bonchev–Trinajstić information content (AvgIpc) is 2.40. The largest absolute Gasteiger partial charge is 0.481 e. The van der Waals surface area contributed by atoms with E-state index in [0.29, 0.717) is 10.8 Å². The summed E-state index contributed by atoms with van der Waals surface area (Å²) in [5, 5.41) is 11.9. The Balaban J connectivity index is 2.59. The van der Waals surface area contributed by atoms with E-state index in [2.05, 4.69) is 11.9 Å². The second-order valence-electron chi connectivity index (χ2n) is 4.14. The van der Waals surface area contributed by atoms with E-state index in [0.717, 1.165) is 0 Å². The molecule has 6 heteroatoms. The fraction of sp³-hybridized carbons (Fsp3) is 0.286. The average molecular weight is 298 g/mol. The molecule has 0 spiro atoms. The molecule has 0 aliphatic carbocycles. The van der Waals surface area contributed by atoms with E-state index < -0.39 is 24.0 Å². The first kappa shape index (κ1) is 16.0. The number of ether oxygens (including phenoxy) is 1. The summed E-state index contributed by atoms with van der Waals surface area (Å²) in [4.78, 5) is 22.8. The quantitative estimate of drug-likeness (QED) is 0.757. The van der Waals surface area contributed by atoms with Gasteiger partial charge in [0, 0.05) is 5.02 Å². The van der Waals surface area contributed by atoms with Crippen molar-refractivity contribution in [3.05, 3.63) is 41.9 Å². The predicted molar refractivity (Wildman–Crippen MR) is 75.9 cm³/mol. The summed E-state index contributed by atoms with van der Waals surface area (Å²) in [6.45, 7) is 4.99. The molecule has 0 saturated carbocycles. The fourth-order valence-corrected chi connectivity index (χ4v) is 1.57. The Bertz CT molecular complexity index is 486. The normalized spacial score (nSPS) is 13.1. The summed E-state index contributed by atoms with van der Waals surface area (Å²) in [7, 11) is 0. The number of hydrogen-bond acceptors (Lipinski definition) is 3. The van der Waals surface area contributed by atoms with E-state index in [-0.39, 0.29) is 6.42 Å². The molecule has 108 valence electrons. The molecule has 1 amide bonds. The van der Waals surface area contributed by atoms with Crippen LogP contribution in [0, 0.1) is 0 Å². The van der Waals surface area contributed by atoms with Gasteiger partial charge < -0.3 is 15.2 Å². The highest BCUT2D eigenvalue weighted by atomic mass is 35.5. The summed E-state index contributed by atoms with van der Waals surface area (Å²) < 4.78 is 5.40. The van der Waals surface area contributed by atoms with Gasteiger partial charge in [-0.15, -0.1) is 6.58 Å². The number of aliphatic carboxylic acids is 1. The first-order valence-corrected chi connectivity index (χ1v) is 6.38. The minimum Gasteiger partial charge on any atom is -0.481 e. The van der Waals surface area contributed by atoms with Crippen molar-refractivity contribution >= 4 is 23.5 Å². The molecule has 1 aromatic rings. The molecular formula is C14H16ClNO4. The van der Waals surface area contributed by atoms with Crippen LogP contribution in [0.15, 0.2) is 36.9 Å². The van der Waals surface area contributed by atoms with Crippen molar-refractivity contribution in [1.82, 2.24) is 5.32 Å². The maximum Gasteiger partial charge on any atom is 0.326 e. The van der Waals surface area contributed by atoms with Crippen LogP contribution in [-0.2, 0) is 9.59 Å². The van der Waals surface area contributed by atoms with Crippen LogP contribution in [0.4, 0.5) is 0 Å². The summed E-state index contributed by atoms with van der Waals surface area (Å²) in [5.41, 5.74) is 0. The van der Waals surface area contributed by atoms with E-state index in [1.807, 2.05) is 0 Å². The first-order valence-electron chi connectivity index (χ1n) is 6.00. The monoisotopic (exact) mass is 297 g/mol. The highest BCUT2D eigenvalue weighted by molar-refractivity contribution is 6.30. The van der Waals surface area contributed by atoms with Crippen LogP contribution in [0.5, 0.6) is 5.75 Å². The topological polar surface area (TPSA) is 75.6 Å². The number of carboxylic acid groups (broad SMARTS) is 1. The van der Waals surface area contributed by atoms with Crippen LogP contribution >= 0.6 is 11.6 Å². The molecule has 1 aromatic carbocycles. The highest BCUT2D eigenvalue weighted by Gasteiger charge is 2.22. The Kier molecular flexibility index (Phi) is 6.06. The van der Waals surface area contributed by atoms with Crippen LogP contribution in [0.3, 0.4) is 0 Å². The molecule has 2 atom stereocenters. The molecule has 2 N–H and O–H groups in total. The van der Waals surface area contributed by atoms with Gasteiger partial charge >= 0.3 is 5.97 Å². The van der Waals surface area contributed by atoms with Gasteiger partial charge in [0.15, 0.2) is 6.10 Å². The van der Waals surface area contributed by atoms with Crippen molar-refractivity contribution in [2.45, 2.75) is 25.5 Å². The minimum atomic E-state index is -1.11. The first-order chi connectivity index (χ1) is 9.43. The van der Waals surface area contributed by atoms with Crippen molar-refractivity contribution in [2.75, 3.05) is 0 Å². The maximum atomic E-state index is 11.8. The molecule has 0 saturated heterocycles. The predicted octanol–water partition coefficient (Wildman–Crippen LogP) is 2.25. The number of rotatable bonds is 7. The van der Waals surface area contributed by atoms with Gasteiger partial charge in [0.2, 0.25) is 0 Å². The van der Waals surface area contributed by atoms with E-state index >= 15 is 0 Å². The third kappa shape index (κ3) is 4.93. The van der Waals surface area contributed by atoms with Gasteiger partial charge in [-0.2, -0.15) is 0 Å². The Labute approximate surface area is 122 Å². The van der Waals surface area contributed by atoms with Crippen LogP contribution in [-0.4, -0.2) is 29.1 Å². The smallest absolute Gasteiger partial charge is 0.326 e. The number of carboxylic acids is 1. The number of benzene rings is 1.